The van der Waals surface area contributed by atoms with E-state index < -0.39 is 0 Å². The molecule has 0 aliphatic carbocycles. The number of carbonyl (C=O) groups is 1. The molecule has 0 aromatic heterocycles. The topological polar surface area (TPSA) is 40.5 Å². The first-order valence-corrected chi connectivity index (χ1v) is 6.82. The summed E-state index contributed by atoms with van der Waals surface area (Å²) < 4.78 is 0. The second kappa shape index (κ2) is 5.16. The zero-order valence-corrected chi connectivity index (χ0v) is 12.3. The van der Waals surface area contributed by atoms with Gasteiger partial charge in [-0.3, -0.25) is 4.79 Å². The van der Waals surface area contributed by atoms with Gasteiger partial charge in [-0.05, 0) is 26.0 Å². The third kappa shape index (κ3) is 2.24. The van der Waals surface area contributed by atoms with Gasteiger partial charge < -0.3 is 10.0 Å². The van der Waals surface area contributed by atoms with Crippen LogP contribution in [0, 0.1) is 5.92 Å². The Kier molecular flexibility index (Phi) is 3.71. The van der Waals surface area contributed by atoms with Gasteiger partial charge in [-0.1, -0.05) is 31.2 Å². The van der Waals surface area contributed by atoms with E-state index in [-0.39, 0.29) is 23.1 Å². The lowest BCUT2D eigenvalue weighted by molar-refractivity contribution is -0.127. The Balaban J connectivity index is 2.45. The van der Waals surface area contributed by atoms with Crippen LogP contribution in [0.15, 0.2) is 42.5 Å². The Morgan fingerprint density at radius 1 is 1.40 bits per heavy atom. The average molecular weight is 271 g/mol. The molecule has 1 atom stereocenters. The van der Waals surface area contributed by atoms with Crippen molar-refractivity contribution in [3.63, 3.8) is 0 Å². The summed E-state index contributed by atoms with van der Waals surface area (Å²) in [5, 5.41) is 9.86. The molecule has 1 aliphatic heterocycles. The lowest BCUT2D eigenvalue weighted by atomic mass is 9.86. The smallest absolute Gasteiger partial charge is 0.250 e. The van der Waals surface area contributed by atoms with Crippen LogP contribution >= 0.6 is 0 Å². The fraction of sp³-hybridized carbons (Fsp3) is 0.353. The zero-order valence-electron chi connectivity index (χ0n) is 12.3. The molecule has 1 aromatic carbocycles. The van der Waals surface area contributed by atoms with Crippen LogP contribution in [-0.2, 0) is 4.79 Å². The van der Waals surface area contributed by atoms with Crippen LogP contribution in [0.3, 0.4) is 0 Å². The molecule has 20 heavy (non-hydrogen) atoms. The van der Waals surface area contributed by atoms with Crippen molar-refractivity contribution in [3.8, 4) is 5.75 Å². The molecule has 0 bridgehead atoms. The highest BCUT2D eigenvalue weighted by Crippen LogP contribution is 2.40. The van der Waals surface area contributed by atoms with Crippen LogP contribution in [0.5, 0.6) is 5.75 Å². The van der Waals surface area contributed by atoms with Gasteiger partial charge in [0, 0.05) is 29.1 Å². The molecular formula is C17H21NO2. The van der Waals surface area contributed by atoms with E-state index in [2.05, 4.69) is 20.4 Å². The van der Waals surface area contributed by atoms with Crippen molar-refractivity contribution in [2.45, 2.75) is 26.3 Å². The highest BCUT2D eigenvalue weighted by Gasteiger charge is 2.46. The van der Waals surface area contributed by atoms with Gasteiger partial charge in [0.05, 0.1) is 0 Å². The van der Waals surface area contributed by atoms with Crippen LogP contribution in [0.2, 0.25) is 0 Å². The molecule has 1 fully saturated rings. The monoisotopic (exact) mass is 271 g/mol. The summed E-state index contributed by atoms with van der Waals surface area (Å²) in [6.45, 7) is 10.4. The first-order chi connectivity index (χ1) is 9.39. The Labute approximate surface area is 120 Å². The summed E-state index contributed by atoms with van der Waals surface area (Å²) in [5.74, 6) is 0.306. The van der Waals surface area contributed by atoms with Crippen LogP contribution < -0.4 is 0 Å². The lowest BCUT2D eigenvalue weighted by Gasteiger charge is -2.33. The SMILES string of the molecule is C=CCN1C(=O)/C(=C\c2ccccc2O)[C@@H](C)C1(C)C. The number of nitrogens with zero attached hydrogens (tertiary/aromatic N) is 1. The molecule has 3 heteroatoms. The van der Waals surface area contributed by atoms with Gasteiger partial charge in [-0.25, -0.2) is 0 Å². The van der Waals surface area contributed by atoms with E-state index in [0.717, 1.165) is 5.57 Å². The normalized spacial score (nSPS) is 23.4. The molecule has 0 spiro atoms. The van der Waals surface area contributed by atoms with Crippen LogP contribution in [0.4, 0.5) is 0 Å². The van der Waals surface area contributed by atoms with Gasteiger partial charge in [0.25, 0.3) is 5.91 Å². The molecule has 1 aromatic rings. The summed E-state index contributed by atoms with van der Waals surface area (Å²) in [6.07, 6.45) is 3.54. The highest BCUT2D eigenvalue weighted by molar-refractivity contribution is 6.02. The van der Waals surface area contributed by atoms with E-state index in [1.807, 2.05) is 24.0 Å². The summed E-state index contributed by atoms with van der Waals surface area (Å²) in [6, 6.07) is 7.06. The fourth-order valence-corrected chi connectivity index (χ4v) is 2.63. The van der Waals surface area contributed by atoms with Gasteiger partial charge >= 0.3 is 0 Å². The van der Waals surface area contributed by atoms with Gasteiger partial charge in [0.2, 0.25) is 0 Å². The average Bonchev–Trinajstić information content (AvgIpc) is 2.56. The minimum Gasteiger partial charge on any atom is -0.507 e. The maximum Gasteiger partial charge on any atom is 0.250 e. The van der Waals surface area contributed by atoms with Gasteiger partial charge in [0.15, 0.2) is 0 Å². The van der Waals surface area contributed by atoms with Crippen LogP contribution in [0.1, 0.15) is 26.3 Å². The lowest BCUT2D eigenvalue weighted by Crippen LogP contribution is -2.43. The summed E-state index contributed by atoms with van der Waals surface area (Å²) in [7, 11) is 0. The molecule has 0 unspecified atom stereocenters. The summed E-state index contributed by atoms with van der Waals surface area (Å²) in [4.78, 5) is 14.4. The number of para-hydroxylation sites is 1. The van der Waals surface area contributed by atoms with Crippen molar-refractivity contribution in [2.75, 3.05) is 6.54 Å². The van der Waals surface area contributed by atoms with Crippen molar-refractivity contribution in [1.29, 1.82) is 0 Å². The molecule has 2 rings (SSSR count). The second-order valence-corrected chi connectivity index (χ2v) is 5.74. The van der Waals surface area contributed by atoms with E-state index >= 15 is 0 Å². The molecule has 1 heterocycles. The maximum atomic E-state index is 12.6. The van der Waals surface area contributed by atoms with Gasteiger partial charge in [0.1, 0.15) is 5.75 Å². The van der Waals surface area contributed by atoms with E-state index in [1.54, 1.807) is 24.3 Å². The van der Waals surface area contributed by atoms with E-state index in [0.29, 0.717) is 12.1 Å². The standard InChI is InChI=1S/C17H21NO2/c1-5-10-18-16(20)14(12(2)17(18,3)4)11-13-8-6-7-9-15(13)19/h5-9,11-12,19H,1,10H2,2-4H3/b14-11-/t12-/m1/s1. The Morgan fingerprint density at radius 3 is 2.65 bits per heavy atom. The first-order valence-electron chi connectivity index (χ1n) is 6.82. The van der Waals surface area contributed by atoms with E-state index in [4.69, 9.17) is 0 Å². The number of aromatic hydroxyl groups is 1. The van der Waals surface area contributed by atoms with E-state index in [9.17, 15) is 9.90 Å². The largest absolute Gasteiger partial charge is 0.507 e. The quantitative estimate of drug-likeness (QED) is 0.677. The number of hydrogen-bond donors (Lipinski definition) is 1. The molecule has 1 saturated heterocycles. The Bertz CT molecular complexity index is 572. The number of carbonyl (C=O) groups excluding carboxylic acids is 1. The number of phenolic OH excluding ortho intramolecular Hbond substituents is 1. The van der Waals surface area contributed by atoms with Crippen molar-refractivity contribution in [3.05, 3.63) is 48.1 Å². The minimum atomic E-state index is -0.249. The number of hydrogen-bond acceptors (Lipinski definition) is 2. The number of likely N-dealkylation sites (tertiary alicyclic amines) is 1. The van der Waals surface area contributed by atoms with Crippen molar-refractivity contribution < 1.29 is 9.90 Å². The Hall–Kier alpha value is -2.03. The molecule has 106 valence electrons. The van der Waals surface area contributed by atoms with Crippen LogP contribution in [-0.4, -0.2) is 28.0 Å². The molecule has 1 N–H and O–H groups in total. The molecule has 0 radical (unpaired) electrons. The molecule has 1 amide bonds. The van der Waals surface area contributed by atoms with Crippen molar-refractivity contribution in [2.24, 2.45) is 5.92 Å². The zero-order chi connectivity index (χ0) is 14.9. The number of rotatable bonds is 3. The molecular weight excluding hydrogens is 250 g/mol. The van der Waals surface area contributed by atoms with Crippen molar-refractivity contribution >= 4 is 12.0 Å². The summed E-state index contributed by atoms with van der Waals surface area (Å²) >= 11 is 0. The third-order valence-corrected chi connectivity index (χ3v) is 4.27. The molecule has 1 aliphatic rings. The van der Waals surface area contributed by atoms with E-state index in [1.165, 1.54) is 0 Å². The van der Waals surface area contributed by atoms with Gasteiger partial charge in [-0.2, -0.15) is 0 Å². The minimum absolute atomic E-state index is 0.0191. The second-order valence-electron chi connectivity index (χ2n) is 5.74. The predicted octanol–water partition coefficient (Wildman–Crippen LogP) is 3.22. The number of benzene rings is 1. The highest BCUT2D eigenvalue weighted by atomic mass is 16.3. The third-order valence-electron chi connectivity index (χ3n) is 4.27. The molecule has 3 nitrogen and oxygen atoms in total. The predicted molar refractivity (Wildman–Crippen MR) is 81.2 cm³/mol. The number of amides is 1. The van der Waals surface area contributed by atoms with Crippen molar-refractivity contribution in [1.82, 2.24) is 4.90 Å². The molecule has 0 saturated carbocycles. The number of phenols is 1. The summed E-state index contributed by atoms with van der Waals surface area (Å²) in [5.41, 5.74) is 1.17. The maximum absolute atomic E-state index is 12.6. The van der Waals surface area contributed by atoms with Crippen LogP contribution in [0.25, 0.3) is 6.08 Å². The Morgan fingerprint density at radius 2 is 2.05 bits per heavy atom. The van der Waals surface area contributed by atoms with Gasteiger partial charge in [-0.15, -0.1) is 6.58 Å². The first kappa shape index (κ1) is 14.4. The fourth-order valence-electron chi connectivity index (χ4n) is 2.63.